The van der Waals surface area contributed by atoms with Crippen LogP contribution in [0.5, 0.6) is 5.75 Å². The average Bonchev–Trinajstić information content (AvgIpc) is 3.46. The van der Waals surface area contributed by atoms with Gasteiger partial charge in [0.1, 0.15) is 0 Å². The Bertz CT molecular complexity index is 1460. The average molecular weight is 568 g/mol. The molecule has 6 rings (SSSR count). The second-order valence-electron chi connectivity index (χ2n) is 9.45. The summed E-state index contributed by atoms with van der Waals surface area (Å²) in [4.78, 5) is 55.5. The van der Waals surface area contributed by atoms with Crippen LogP contribution in [-0.2, 0) is 25.7 Å². The minimum absolute atomic E-state index is 0.134. The second kappa shape index (κ2) is 8.45. The maximum atomic E-state index is 14.4. The topological polar surface area (TPSA) is 91.8 Å². The Kier molecular flexibility index (Phi) is 5.46. The number of halogens is 2. The van der Waals surface area contributed by atoms with Crippen LogP contribution in [0.4, 0.5) is 4.39 Å². The highest BCUT2D eigenvalue weighted by atomic mass is 79.9. The molecule has 4 aliphatic rings. The molecule has 1 aromatic heterocycles. The number of aromatic hydroxyl groups is 1. The second-order valence-corrected chi connectivity index (χ2v) is 11.3. The molecule has 2 heterocycles. The lowest BCUT2D eigenvalue weighted by Crippen LogP contribution is -2.39. The van der Waals surface area contributed by atoms with Crippen molar-refractivity contribution in [1.29, 1.82) is 0 Å². The van der Waals surface area contributed by atoms with E-state index in [2.05, 4.69) is 15.9 Å². The third-order valence-corrected chi connectivity index (χ3v) is 9.07. The molecule has 0 radical (unpaired) electrons. The standard InChI is InChI=1S/C27H19BrFNO5S/c28-18-10-21(32)24-17(25(18)33)9-16-14(22(24)12-3-6-20(31)19(29)8-12)4-5-15-23(16)27(35)30(26(15)34)11-13-2-1-7-36-13/h1-4,6-8,10,15-16,22-23,31H,5,9,11H2. The summed E-state index contributed by atoms with van der Waals surface area (Å²) in [7, 11) is 0. The molecule has 1 aromatic carbocycles. The first-order chi connectivity index (χ1) is 17.3. The molecular weight excluding hydrogens is 549 g/mol. The molecule has 6 nitrogen and oxygen atoms in total. The van der Waals surface area contributed by atoms with Gasteiger partial charge in [0.05, 0.1) is 22.9 Å². The highest BCUT2D eigenvalue weighted by Gasteiger charge is 2.56. The van der Waals surface area contributed by atoms with Crippen LogP contribution in [0.1, 0.15) is 29.2 Å². The number of phenolic OH excluding ortho intramolecular Hbond substituents is 1. The van der Waals surface area contributed by atoms with E-state index in [1.54, 1.807) is 0 Å². The SMILES string of the molecule is O=C1C=C(Br)C(=O)C2=C1C(c1ccc(O)c(F)c1)C1=CCC3C(=O)N(Cc4cccs4)C(=O)C3C1C2. The third kappa shape index (κ3) is 3.40. The number of amides is 2. The van der Waals surface area contributed by atoms with E-state index in [1.165, 1.54) is 34.4 Å². The number of fused-ring (bicyclic) bond motifs is 3. The number of rotatable bonds is 3. The zero-order valence-electron chi connectivity index (χ0n) is 18.7. The van der Waals surface area contributed by atoms with E-state index in [4.69, 9.17) is 0 Å². The molecule has 182 valence electrons. The number of thiophene rings is 1. The van der Waals surface area contributed by atoms with Gasteiger partial charge in [0, 0.05) is 28.0 Å². The minimum Gasteiger partial charge on any atom is -0.505 e. The quantitative estimate of drug-likeness (QED) is 0.333. The number of hydrogen-bond donors (Lipinski definition) is 1. The zero-order valence-corrected chi connectivity index (χ0v) is 21.1. The normalized spacial score (nSPS) is 27.6. The van der Waals surface area contributed by atoms with Crippen molar-refractivity contribution in [2.24, 2.45) is 17.8 Å². The lowest BCUT2D eigenvalue weighted by Gasteiger charge is -2.42. The molecule has 0 bridgehead atoms. The van der Waals surface area contributed by atoms with Crippen LogP contribution < -0.4 is 0 Å². The first-order valence-electron chi connectivity index (χ1n) is 11.5. The molecular formula is C27H19BrFNO5S. The number of likely N-dealkylation sites (tertiary alicyclic amines) is 1. The molecule has 1 aliphatic heterocycles. The molecule has 2 aromatic rings. The Morgan fingerprint density at radius 2 is 1.92 bits per heavy atom. The van der Waals surface area contributed by atoms with Crippen LogP contribution in [-0.4, -0.2) is 33.4 Å². The maximum absolute atomic E-state index is 14.4. The summed E-state index contributed by atoms with van der Waals surface area (Å²) in [5, 5.41) is 11.6. The van der Waals surface area contributed by atoms with E-state index in [0.717, 1.165) is 16.5 Å². The summed E-state index contributed by atoms with van der Waals surface area (Å²) < 4.78 is 14.6. The highest BCUT2D eigenvalue weighted by molar-refractivity contribution is 9.12. The summed E-state index contributed by atoms with van der Waals surface area (Å²) in [6, 6.07) is 7.65. The number of carbonyl (C=O) groups excluding carboxylic acids is 4. The van der Waals surface area contributed by atoms with Gasteiger partial charge in [-0.3, -0.25) is 24.1 Å². The number of ketones is 2. The van der Waals surface area contributed by atoms with E-state index < -0.39 is 35.2 Å². The molecule has 3 aliphatic carbocycles. The summed E-state index contributed by atoms with van der Waals surface area (Å²) in [6.07, 6.45) is 3.59. The van der Waals surface area contributed by atoms with Crippen molar-refractivity contribution in [3.63, 3.8) is 0 Å². The van der Waals surface area contributed by atoms with E-state index in [9.17, 15) is 28.7 Å². The van der Waals surface area contributed by atoms with Gasteiger partial charge in [0.15, 0.2) is 23.1 Å². The van der Waals surface area contributed by atoms with Crippen molar-refractivity contribution >= 4 is 50.6 Å². The molecule has 0 spiro atoms. The summed E-state index contributed by atoms with van der Waals surface area (Å²) in [5.41, 5.74) is 1.70. The van der Waals surface area contributed by atoms with Crippen LogP contribution in [0.15, 0.2) is 69.1 Å². The van der Waals surface area contributed by atoms with Crippen molar-refractivity contribution in [2.45, 2.75) is 25.3 Å². The van der Waals surface area contributed by atoms with Crippen molar-refractivity contribution in [3.05, 3.63) is 85.3 Å². The number of imide groups is 1. The Labute approximate surface area is 217 Å². The van der Waals surface area contributed by atoms with Gasteiger partial charge in [-0.1, -0.05) is 23.8 Å². The maximum Gasteiger partial charge on any atom is 0.234 e. The van der Waals surface area contributed by atoms with Crippen LogP contribution in [0.2, 0.25) is 0 Å². The first kappa shape index (κ1) is 23.2. The van der Waals surface area contributed by atoms with Gasteiger partial charge in [-0.25, -0.2) is 4.39 Å². The lowest BCUT2D eigenvalue weighted by atomic mass is 9.59. The predicted molar refractivity (Wildman–Crippen MR) is 133 cm³/mol. The van der Waals surface area contributed by atoms with Crippen LogP contribution in [0.3, 0.4) is 0 Å². The monoisotopic (exact) mass is 567 g/mol. The molecule has 4 unspecified atom stereocenters. The van der Waals surface area contributed by atoms with Gasteiger partial charge in [-0.05, 0) is 63.8 Å². The van der Waals surface area contributed by atoms with E-state index >= 15 is 0 Å². The van der Waals surface area contributed by atoms with Crippen LogP contribution >= 0.6 is 27.3 Å². The van der Waals surface area contributed by atoms with Gasteiger partial charge in [-0.2, -0.15) is 0 Å². The predicted octanol–water partition coefficient (Wildman–Crippen LogP) is 4.56. The summed E-state index contributed by atoms with van der Waals surface area (Å²) in [5.74, 6) is -5.01. The Hall–Kier alpha value is -3.17. The van der Waals surface area contributed by atoms with Crippen molar-refractivity contribution in [1.82, 2.24) is 4.90 Å². The summed E-state index contributed by atoms with van der Waals surface area (Å²) in [6.45, 7) is 0.205. The van der Waals surface area contributed by atoms with Gasteiger partial charge in [-0.15, -0.1) is 11.3 Å². The van der Waals surface area contributed by atoms with E-state index in [0.29, 0.717) is 12.0 Å². The summed E-state index contributed by atoms with van der Waals surface area (Å²) >= 11 is 4.65. The Balaban J connectivity index is 1.47. The van der Waals surface area contributed by atoms with E-state index in [1.807, 2.05) is 23.6 Å². The zero-order chi connectivity index (χ0) is 25.3. The molecule has 1 N–H and O–H groups in total. The molecule has 0 saturated carbocycles. The van der Waals surface area contributed by atoms with E-state index in [-0.39, 0.29) is 52.0 Å². The Morgan fingerprint density at radius 3 is 2.64 bits per heavy atom. The number of phenols is 1. The van der Waals surface area contributed by atoms with Gasteiger partial charge < -0.3 is 5.11 Å². The third-order valence-electron chi connectivity index (χ3n) is 7.62. The van der Waals surface area contributed by atoms with Gasteiger partial charge >= 0.3 is 0 Å². The number of allylic oxidation sites excluding steroid dienone is 6. The van der Waals surface area contributed by atoms with Gasteiger partial charge in [0.2, 0.25) is 11.8 Å². The number of benzene rings is 1. The molecule has 1 fully saturated rings. The number of hydrogen-bond acceptors (Lipinski definition) is 6. The molecule has 2 amide bonds. The molecule has 36 heavy (non-hydrogen) atoms. The minimum atomic E-state index is -0.841. The smallest absolute Gasteiger partial charge is 0.234 e. The number of carbonyl (C=O) groups is 4. The highest BCUT2D eigenvalue weighted by Crippen LogP contribution is 2.55. The largest absolute Gasteiger partial charge is 0.505 e. The fourth-order valence-electron chi connectivity index (χ4n) is 6.07. The Morgan fingerprint density at radius 1 is 1.11 bits per heavy atom. The van der Waals surface area contributed by atoms with Crippen LogP contribution in [0, 0.1) is 23.6 Å². The first-order valence-corrected chi connectivity index (χ1v) is 13.2. The molecule has 1 saturated heterocycles. The fraction of sp³-hybridized carbons (Fsp3) is 0.259. The lowest BCUT2D eigenvalue weighted by molar-refractivity contribution is -0.140. The fourth-order valence-corrected chi connectivity index (χ4v) is 7.21. The van der Waals surface area contributed by atoms with Crippen molar-refractivity contribution in [3.8, 4) is 5.75 Å². The molecule has 9 heteroatoms. The van der Waals surface area contributed by atoms with Gasteiger partial charge in [0.25, 0.3) is 0 Å². The van der Waals surface area contributed by atoms with Crippen molar-refractivity contribution in [2.75, 3.05) is 0 Å². The number of nitrogens with zero attached hydrogens (tertiary/aromatic N) is 1. The van der Waals surface area contributed by atoms with Crippen LogP contribution in [0.25, 0.3) is 0 Å². The van der Waals surface area contributed by atoms with Crippen molar-refractivity contribution < 1.29 is 28.7 Å². The number of Topliss-reactive ketones (excluding diaryl/α,β-unsaturated/α-hetero) is 1. The molecule has 4 atom stereocenters.